The second-order valence-electron chi connectivity index (χ2n) is 5.33. The van der Waals surface area contributed by atoms with Gasteiger partial charge in [0.15, 0.2) is 0 Å². The first-order chi connectivity index (χ1) is 9.72. The number of hydrogen-bond acceptors (Lipinski definition) is 3. The van der Waals surface area contributed by atoms with E-state index in [1.54, 1.807) is 0 Å². The van der Waals surface area contributed by atoms with Gasteiger partial charge in [0.1, 0.15) is 0 Å². The summed E-state index contributed by atoms with van der Waals surface area (Å²) in [5, 5.41) is 11.4. The molecule has 0 amide bonds. The highest BCUT2D eigenvalue weighted by atomic mass is 16.5. The van der Waals surface area contributed by atoms with Crippen LogP contribution >= 0.6 is 0 Å². The number of likely N-dealkylation sites (N-methyl/N-ethyl adjacent to an activating group) is 1. The Labute approximate surface area is 119 Å². The van der Waals surface area contributed by atoms with Crippen molar-refractivity contribution in [1.82, 2.24) is 0 Å². The van der Waals surface area contributed by atoms with Gasteiger partial charge in [-0.05, 0) is 25.5 Å². The zero-order chi connectivity index (χ0) is 14.1. The Kier molecular flexibility index (Phi) is 3.33. The van der Waals surface area contributed by atoms with E-state index in [0.717, 1.165) is 29.4 Å². The summed E-state index contributed by atoms with van der Waals surface area (Å²) in [6, 6.07) is 14.7. The lowest BCUT2D eigenvalue weighted by Crippen LogP contribution is -2.36. The lowest BCUT2D eigenvalue weighted by Gasteiger charge is -2.30. The number of nitrogens with zero attached hydrogens (tertiary/aromatic N) is 2. The van der Waals surface area contributed by atoms with Crippen LogP contribution in [0.2, 0.25) is 0 Å². The highest BCUT2D eigenvalue weighted by Gasteiger charge is 2.28. The first-order valence-electron chi connectivity index (χ1n) is 6.98. The molecule has 2 atom stereocenters. The van der Waals surface area contributed by atoms with E-state index in [1.807, 2.05) is 30.3 Å². The van der Waals surface area contributed by atoms with Crippen LogP contribution in [0.1, 0.15) is 18.9 Å². The van der Waals surface area contributed by atoms with E-state index in [-0.39, 0.29) is 6.10 Å². The molecule has 20 heavy (non-hydrogen) atoms. The average molecular weight is 266 g/mol. The minimum Gasteiger partial charge on any atom is -0.376 e. The summed E-state index contributed by atoms with van der Waals surface area (Å²) in [6.07, 6.45) is 1.29. The molecule has 1 heterocycles. The highest BCUT2D eigenvalue weighted by molar-refractivity contribution is 5.97. The molecular weight excluding hydrogens is 248 g/mol. The summed E-state index contributed by atoms with van der Waals surface area (Å²) in [5.74, 6) is 0. The molecule has 0 aromatic heterocycles. The smallest absolute Gasteiger partial charge is 0.0998 e. The third-order valence-corrected chi connectivity index (χ3v) is 4.24. The number of hydrogen-bond donors (Lipinski definition) is 0. The molecule has 1 aliphatic rings. The number of ether oxygens (including phenoxy) is 1. The maximum Gasteiger partial charge on any atom is 0.0998 e. The summed E-state index contributed by atoms with van der Waals surface area (Å²) >= 11 is 0. The van der Waals surface area contributed by atoms with Crippen LogP contribution in [0.5, 0.6) is 0 Å². The number of nitriles is 1. The predicted molar refractivity (Wildman–Crippen MR) is 80.9 cm³/mol. The molecular formula is C17H18N2O. The Bertz CT molecular complexity index is 674. The summed E-state index contributed by atoms with van der Waals surface area (Å²) in [7, 11) is 2.11. The van der Waals surface area contributed by atoms with Crippen LogP contribution in [0.25, 0.3) is 10.8 Å². The number of rotatable bonds is 2. The second kappa shape index (κ2) is 5.15. The molecule has 0 N–H and O–H groups in total. The second-order valence-corrected chi connectivity index (χ2v) is 5.33. The van der Waals surface area contributed by atoms with Gasteiger partial charge < -0.3 is 9.64 Å². The van der Waals surface area contributed by atoms with Crippen LogP contribution in [0, 0.1) is 11.3 Å². The molecule has 2 unspecified atom stereocenters. The van der Waals surface area contributed by atoms with Crippen LogP contribution < -0.4 is 4.90 Å². The van der Waals surface area contributed by atoms with E-state index in [2.05, 4.69) is 31.0 Å². The normalized spacial score (nSPS) is 21.9. The quantitative estimate of drug-likeness (QED) is 0.836. The molecule has 0 spiro atoms. The minimum atomic E-state index is 0.245. The van der Waals surface area contributed by atoms with E-state index < -0.39 is 0 Å². The van der Waals surface area contributed by atoms with Crippen molar-refractivity contribution in [3.63, 3.8) is 0 Å². The molecule has 0 radical (unpaired) electrons. The Morgan fingerprint density at radius 3 is 2.60 bits per heavy atom. The zero-order valence-corrected chi connectivity index (χ0v) is 11.8. The van der Waals surface area contributed by atoms with Gasteiger partial charge in [-0.3, -0.25) is 0 Å². The molecule has 0 aliphatic carbocycles. The van der Waals surface area contributed by atoms with Gasteiger partial charge in [-0.1, -0.05) is 24.3 Å². The van der Waals surface area contributed by atoms with Gasteiger partial charge in [0, 0.05) is 30.1 Å². The number of anilines is 1. The van der Waals surface area contributed by atoms with Crippen molar-refractivity contribution >= 4 is 16.5 Å². The largest absolute Gasteiger partial charge is 0.376 e. The van der Waals surface area contributed by atoms with E-state index in [1.165, 1.54) is 5.69 Å². The van der Waals surface area contributed by atoms with Crippen LogP contribution in [0.15, 0.2) is 36.4 Å². The minimum absolute atomic E-state index is 0.245. The average Bonchev–Trinajstić information content (AvgIpc) is 2.91. The van der Waals surface area contributed by atoms with E-state index in [0.29, 0.717) is 6.04 Å². The standard InChI is InChI=1S/C17H18N2O/c1-12-16(9-10-20-12)19(2)17-8-7-13(11-18)14-5-3-4-6-15(14)17/h3-8,12,16H,9-10H2,1-2H3. The van der Waals surface area contributed by atoms with Gasteiger partial charge in [-0.2, -0.15) is 5.26 Å². The first kappa shape index (κ1) is 13.0. The summed E-state index contributed by atoms with van der Waals surface area (Å²) in [5.41, 5.74) is 1.90. The molecule has 2 aromatic carbocycles. The zero-order valence-electron chi connectivity index (χ0n) is 11.8. The highest BCUT2D eigenvalue weighted by Crippen LogP contribution is 2.32. The maximum absolute atomic E-state index is 9.24. The van der Waals surface area contributed by atoms with Crippen molar-refractivity contribution in [2.24, 2.45) is 0 Å². The molecule has 3 nitrogen and oxygen atoms in total. The molecule has 3 rings (SSSR count). The first-order valence-corrected chi connectivity index (χ1v) is 6.98. The summed E-state index contributed by atoms with van der Waals surface area (Å²) < 4.78 is 5.67. The molecule has 102 valence electrons. The van der Waals surface area contributed by atoms with Gasteiger partial charge in [0.05, 0.1) is 23.8 Å². The van der Waals surface area contributed by atoms with Gasteiger partial charge in [0.25, 0.3) is 0 Å². The fraction of sp³-hybridized carbons (Fsp3) is 0.353. The van der Waals surface area contributed by atoms with Crippen molar-refractivity contribution in [1.29, 1.82) is 5.26 Å². The number of fused-ring (bicyclic) bond motifs is 1. The third kappa shape index (κ3) is 2.03. The van der Waals surface area contributed by atoms with E-state index in [4.69, 9.17) is 4.74 Å². The SMILES string of the molecule is CC1OCCC1N(C)c1ccc(C#N)c2ccccc12. The van der Waals surface area contributed by atoms with Crippen molar-refractivity contribution in [2.45, 2.75) is 25.5 Å². The summed E-state index contributed by atoms with van der Waals surface area (Å²) in [6.45, 7) is 2.95. The van der Waals surface area contributed by atoms with E-state index in [9.17, 15) is 5.26 Å². The fourth-order valence-electron chi connectivity index (χ4n) is 3.10. The van der Waals surface area contributed by atoms with Crippen molar-refractivity contribution in [3.8, 4) is 6.07 Å². The van der Waals surface area contributed by atoms with Crippen molar-refractivity contribution in [2.75, 3.05) is 18.6 Å². The Morgan fingerprint density at radius 1 is 1.20 bits per heavy atom. The number of benzene rings is 2. The monoisotopic (exact) mass is 266 g/mol. The van der Waals surface area contributed by atoms with Gasteiger partial charge in [-0.25, -0.2) is 0 Å². The molecule has 0 bridgehead atoms. The fourth-order valence-corrected chi connectivity index (χ4v) is 3.10. The van der Waals surface area contributed by atoms with Crippen LogP contribution in [0.4, 0.5) is 5.69 Å². The van der Waals surface area contributed by atoms with Crippen molar-refractivity contribution < 1.29 is 4.74 Å². The van der Waals surface area contributed by atoms with E-state index >= 15 is 0 Å². The summed E-state index contributed by atoms with van der Waals surface area (Å²) in [4.78, 5) is 2.29. The Morgan fingerprint density at radius 2 is 1.95 bits per heavy atom. The van der Waals surface area contributed by atoms with Gasteiger partial charge >= 0.3 is 0 Å². The van der Waals surface area contributed by atoms with Crippen molar-refractivity contribution in [3.05, 3.63) is 42.0 Å². The Balaban J connectivity index is 2.10. The third-order valence-electron chi connectivity index (χ3n) is 4.24. The van der Waals surface area contributed by atoms with Crippen LogP contribution in [0.3, 0.4) is 0 Å². The topological polar surface area (TPSA) is 36.3 Å². The van der Waals surface area contributed by atoms with Gasteiger partial charge in [0.2, 0.25) is 0 Å². The van der Waals surface area contributed by atoms with Gasteiger partial charge in [-0.15, -0.1) is 0 Å². The molecule has 1 saturated heterocycles. The Hall–Kier alpha value is -2.05. The molecule has 3 heteroatoms. The van der Waals surface area contributed by atoms with Crippen LogP contribution in [-0.4, -0.2) is 25.8 Å². The maximum atomic E-state index is 9.24. The molecule has 2 aromatic rings. The lowest BCUT2D eigenvalue weighted by molar-refractivity contribution is 0.118. The lowest BCUT2D eigenvalue weighted by atomic mass is 10.0. The molecule has 1 aliphatic heterocycles. The molecule has 1 fully saturated rings. The molecule has 0 saturated carbocycles. The predicted octanol–water partition coefficient (Wildman–Crippen LogP) is 3.33. The van der Waals surface area contributed by atoms with Crippen LogP contribution in [-0.2, 0) is 4.74 Å².